The number of carboxylic acid groups (broad SMARTS) is 1. The molecule has 0 aliphatic rings. The molecule has 176 valence electrons. The molecule has 0 aliphatic heterocycles. The second-order valence-corrected chi connectivity index (χ2v) is 8.08. The molecule has 0 aliphatic carbocycles. The van der Waals surface area contributed by atoms with Gasteiger partial charge in [0.1, 0.15) is 5.82 Å². The summed E-state index contributed by atoms with van der Waals surface area (Å²) in [5.74, 6) is -2.26. The van der Waals surface area contributed by atoms with Gasteiger partial charge in [-0.15, -0.1) is 16.8 Å². The van der Waals surface area contributed by atoms with E-state index in [1.54, 1.807) is 29.7 Å². The van der Waals surface area contributed by atoms with Crippen molar-refractivity contribution in [3.05, 3.63) is 84.0 Å². The molecule has 0 radical (unpaired) electrons. The van der Waals surface area contributed by atoms with Crippen LogP contribution >= 0.6 is 11.8 Å². The Morgan fingerprint density at radius 2 is 1.97 bits per heavy atom. The van der Waals surface area contributed by atoms with Gasteiger partial charge in [0, 0.05) is 12.2 Å². The molecule has 0 unspecified atom stereocenters. The van der Waals surface area contributed by atoms with Gasteiger partial charge in [-0.2, -0.15) is 0 Å². The van der Waals surface area contributed by atoms with Crippen molar-refractivity contribution in [1.82, 2.24) is 20.1 Å². The van der Waals surface area contributed by atoms with Gasteiger partial charge in [-0.05, 0) is 37.3 Å². The third kappa shape index (κ3) is 6.07. The number of carbonyl (C=O) groups is 3. The Hall–Kier alpha value is -3.99. The third-order valence-electron chi connectivity index (χ3n) is 4.64. The van der Waals surface area contributed by atoms with E-state index >= 15 is 0 Å². The first-order chi connectivity index (χ1) is 16.3. The van der Waals surface area contributed by atoms with Crippen molar-refractivity contribution >= 4 is 35.2 Å². The minimum Gasteiger partial charge on any atom is -0.478 e. The fourth-order valence-corrected chi connectivity index (χ4v) is 3.82. The van der Waals surface area contributed by atoms with Crippen LogP contribution in [0.1, 0.15) is 39.5 Å². The smallest absolute Gasteiger partial charge is 0.335 e. The molecule has 3 rings (SSSR count). The summed E-state index contributed by atoms with van der Waals surface area (Å²) in [5.41, 5.74) is 0.345. The number of hydrogen-bond acceptors (Lipinski definition) is 6. The lowest BCUT2D eigenvalue weighted by molar-refractivity contribution is -0.113. The van der Waals surface area contributed by atoms with Gasteiger partial charge < -0.3 is 20.3 Å². The van der Waals surface area contributed by atoms with Crippen molar-refractivity contribution in [2.24, 2.45) is 0 Å². The molecule has 0 spiro atoms. The van der Waals surface area contributed by atoms with Crippen molar-refractivity contribution < 1.29 is 23.9 Å². The van der Waals surface area contributed by atoms with Crippen molar-refractivity contribution in [3.63, 3.8) is 0 Å². The minimum absolute atomic E-state index is 0.0114. The predicted octanol–water partition coefficient (Wildman–Crippen LogP) is 3.52. The van der Waals surface area contributed by atoms with Crippen LogP contribution in [0.5, 0.6) is 0 Å². The summed E-state index contributed by atoms with van der Waals surface area (Å²) in [6.07, 6.45) is 1.62. The Kier molecular flexibility index (Phi) is 8.14. The van der Waals surface area contributed by atoms with Crippen LogP contribution in [0.25, 0.3) is 0 Å². The largest absolute Gasteiger partial charge is 0.478 e. The average Bonchev–Trinajstić information content (AvgIpc) is 3.21. The molecule has 1 aromatic heterocycles. The van der Waals surface area contributed by atoms with Gasteiger partial charge in [-0.25, -0.2) is 9.18 Å². The van der Waals surface area contributed by atoms with E-state index in [0.717, 1.165) is 11.8 Å². The number of carbonyl (C=O) groups excluding carboxylic acids is 2. The second kappa shape index (κ2) is 11.2. The molecular formula is C23H22FN5O4S. The SMILES string of the molecule is C=CCn1c(SCC(=O)Nc2cccc(C(=O)O)c2)nnc1[C@@H](C)NC(=O)c1ccccc1F. The number of rotatable bonds is 10. The topological polar surface area (TPSA) is 126 Å². The molecule has 1 heterocycles. The number of carboxylic acids is 1. The molecule has 9 nitrogen and oxygen atoms in total. The highest BCUT2D eigenvalue weighted by molar-refractivity contribution is 7.99. The molecule has 11 heteroatoms. The van der Waals surface area contributed by atoms with E-state index in [2.05, 4.69) is 27.4 Å². The summed E-state index contributed by atoms with van der Waals surface area (Å²) < 4.78 is 15.6. The maximum Gasteiger partial charge on any atom is 0.335 e. The Balaban J connectivity index is 1.67. The number of aromatic carboxylic acids is 1. The van der Waals surface area contributed by atoms with Crippen LogP contribution in [0.15, 0.2) is 66.3 Å². The summed E-state index contributed by atoms with van der Waals surface area (Å²) in [6.45, 7) is 5.74. The number of allylic oxidation sites excluding steroid dienone is 1. The zero-order valence-electron chi connectivity index (χ0n) is 18.2. The van der Waals surface area contributed by atoms with E-state index < -0.39 is 23.7 Å². The number of nitrogens with zero attached hydrogens (tertiary/aromatic N) is 3. The molecule has 0 fully saturated rings. The third-order valence-corrected chi connectivity index (χ3v) is 5.60. The number of hydrogen-bond donors (Lipinski definition) is 3. The molecule has 2 aromatic carbocycles. The van der Waals surface area contributed by atoms with E-state index in [1.807, 2.05) is 0 Å². The highest BCUT2D eigenvalue weighted by Gasteiger charge is 2.21. The van der Waals surface area contributed by atoms with Crippen LogP contribution in [0, 0.1) is 5.82 Å². The van der Waals surface area contributed by atoms with Crippen molar-refractivity contribution in [1.29, 1.82) is 0 Å². The van der Waals surface area contributed by atoms with Crippen LogP contribution in [-0.2, 0) is 11.3 Å². The fourth-order valence-electron chi connectivity index (χ4n) is 3.07. The van der Waals surface area contributed by atoms with Crippen LogP contribution in [0.4, 0.5) is 10.1 Å². The molecule has 2 amide bonds. The molecule has 34 heavy (non-hydrogen) atoms. The Morgan fingerprint density at radius 3 is 2.68 bits per heavy atom. The summed E-state index contributed by atoms with van der Waals surface area (Å²) in [4.78, 5) is 35.9. The number of anilines is 1. The van der Waals surface area contributed by atoms with Crippen molar-refractivity contribution in [2.75, 3.05) is 11.1 Å². The van der Waals surface area contributed by atoms with Crippen molar-refractivity contribution in [2.45, 2.75) is 24.7 Å². The van der Waals surface area contributed by atoms with Gasteiger partial charge in [-0.1, -0.05) is 36.0 Å². The number of nitrogens with one attached hydrogen (secondary N) is 2. The van der Waals surface area contributed by atoms with E-state index in [1.165, 1.54) is 36.4 Å². The van der Waals surface area contributed by atoms with Gasteiger partial charge in [0.2, 0.25) is 5.91 Å². The summed E-state index contributed by atoms with van der Waals surface area (Å²) >= 11 is 1.12. The number of halogens is 1. The Bertz CT molecular complexity index is 1230. The monoisotopic (exact) mass is 483 g/mol. The van der Waals surface area contributed by atoms with E-state index in [9.17, 15) is 18.8 Å². The number of thioether (sulfide) groups is 1. The molecule has 3 N–H and O–H groups in total. The Morgan fingerprint density at radius 1 is 1.21 bits per heavy atom. The molecule has 1 atom stereocenters. The lowest BCUT2D eigenvalue weighted by Crippen LogP contribution is -2.29. The summed E-state index contributed by atoms with van der Waals surface area (Å²) in [6, 6.07) is 11.0. The van der Waals surface area contributed by atoms with Crippen LogP contribution in [0.3, 0.4) is 0 Å². The number of benzene rings is 2. The van der Waals surface area contributed by atoms with E-state index in [-0.39, 0.29) is 22.8 Å². The van der Waals surface area contributed by atoms with E-state index in [0.29, 0.717) is 23.2 Å². The maximum absolute atomic E-state index is 13.9. The normalized spacial score (nSPS) is 11.5. The van der Waals surface area contributed by atoms with Gasteiger partial charge in [0.25, 0.3) is 5.91 Å². The van der Waals surface area contributed by atoms with Gasteiger partial charge >= 0.3 is 5.97 Å². The summed E-state index contributed by atoms with van der Waals surface area (Å²) in [5, 5.41) is 23.1. The first-order valence-electron chi connectivity index (χ1n) is 10.2. The van der Waals surface area contributed by atoms with Crippen LogP contribution in [0.2, 0.25) is 0 Å². The lowest BCUT2D eigenvalue weighted by atomic mass is 10.2. The minimum atomic E-state index is -1.09. The van der Waals surface area contributed by atoms with Gasteiger partial charge in [0.05, 0.1) is 22.9 Å². The highest BCUT2D eigenvalue weighted by Crippen LogP contribution is 2.22. The van der Waals surface area contributed by atoms with Crippen LogP contribution in [-0.4, -0.2) is 43.4 Å². The fraction of sp³-hybridized carbons (Fsp3) is 0.174. The standard InChI is InChI=1S/C23H22FN5O4S/c1-3-11-29-20(14(2)25-21(31)17-9-4-5-10-18(17)24)27-28-23(29)34-13-19(30)26-16-8-6-7-15(12-16)22(32)33/h3-10,12,14H,1,11,13H2,2H3,(H,25,31)(H,26,30)(H,32,33)/t14-/m1/s1. The molecule has 0 saturated heterocycles. The quantitative estimate of drug-likeness (QED) is 0.297. The molecule has 0 bridgehead atoms. The Labute approximate surface area is 199 Å². The molecule has 0 saturated carbocycles. The zero-order valence-corrected chi connectivity index (χ0v) is 19.0. The second-order valence-electron chi connectivity index (χ2n) is 7.14. The van der Waals surface area contributed by atoms with Gasteiger partial charge in [-0.3, -0.25) is 9.59 Å². The number of aromatic nitrogens is 3. The molecular weight excluding hydrogens is 461 g/mol. The average molecular weight is 484 g/mol. The lowest BCUT2D eigenvalue weighted by Gasteiger charge is -2.15. The number of amides is 2. The maximum atomic E-state index is 13.9. The van der Waals surface area contributed by atoms with E-state index in [4.69, 9.17) is 5.11 Å². The first kappa shape index (κ1) is 24.6. The zero-order chi connectivity index (χ0) is 24.7. The van der Waals surface area contributed by atoms with Gasteiger partial charge in [0.15, 0.2) is 11.0 Å². The highest BCUT2D eigenvalue weighted by atomic mass is 32.2. The predicted molar refractivity (Wildman–Crippen MR) is 125 cm³/mol. The summed E-state index contributed by atoms with van der Waals surface area (Å²) in [7, 11) is 0. The molecule has 3 aromatic rings. The first-order valence-corrected chi connectivity index (χ1v) is 11.1. The van der Waals surface area contributed by atoms with Crippen LogP contribution < -0.4 is 10.6 Å². The van der Waals surface area contributed by atoms with Crippen molar-refractivity contribution in [3.8, 4) is 0 Å².